The summed E-state index contributed by atoms with van der Waals surface area (Å²) in [5, 5.41) is 0. The maximum absolute atomic E-state index is 12.3. The zero-order valence-corrected chi connectivity index (χ0v) is 14.8. The zero-order valence-electron chi connectivity index (χ0n) is 14.0. The molecule has 5 nitrogen and oxygen atoms in total. The number of ether oxygens (including phenoxy) is 1. The molecule has 0 heterocycles. The Morgan fingerprint density at radius 3 is 2.15 bits per heavy atom. The fourth-order valence-electron chi connectivity index (χ4n) is 2.21. The van der Waals surface area contributed by atoms with Gasteiger partial charge in [-0.25, -0.2) is 4.79 Å². The highest BCUT2D eigenvalue weighted by Crippen LogP contribution is 2.24. The number of carbonyl (C=O) groups is 1. The Balaban J connectivity index is 1.77. The molecule has 0 radical (unpaired) electrons. The molecule has 132 valence electrons. The average molecular weight is 368 g/mol. The van der Waals surface area contributed by atoms with Crippen LogP contribution >= 0.6 is 0 Å². The van der Waals surface area contributed by atoms with Crippen LogP contribution in [0.5, 0.6) is 11.5 Å². The molecule has 0 spiro atoms. The highest BCUT2D eigenvalue weighted by atomic mass is 32.2. The molecule has 3 rings (SSSR count). The predicted molar refractivity (Wildman–Crippen MR) is 96.8 cm³/mol. The number of hydrogen-bond donors (Lipinski definition) is 0. The van der Waals surface area contributed by atoms with Crippen LogP contribution in [0.1, 0.15) is 15.9 Å². The van der Waals surface area contributed by atoms with E-state index in [1.165, 1.54) is 24.3 Å². The number of benzene rings is 3. The summed E-state index contributed by atoms with van der Waals surface area (Å²) in [5.74, 6) is -0.288. The maximum Gasteiger partial charge on any atom is 0.343 e. The summed E-state index contributed by atoms with van der Waals surface area (Å²) in [6.45, 7) is 1.86. The molecule has 0 aromatic heterocycles. The Bertz CT molecular complexity index is 1010. The van der Waals surface area contributed by atoms with Gasteiger partial charge in [-0.05, 0) is 43.3 Å². The van der Waals surface area contributed by atoms with Crippen molar-refractivity contribution < 1.29 is 22.1 Å². The summed E-state index contributed by atoms with van der Waals surface area (Å²) in [6, 6.07) is 20.8. The summed E-state index contributed by atoms with van der Waals surface area (Å²) in [4.78, 5) is 12.1. The largest absolute Gasteiger partial charge is 0.423 e. The van der Waals surface area contributed by atoms with Crippen molar-refractivity contribution in [3.05, 3.63) is 90.0 Å². The van der Waals surface area contributed by atoms with Gasteiger partial charge in [0.15, 0.2) is 0 Å². The van der Waals surface area contributed by atoms with Gasteiger partial charge in [0.1, 0.15) is 16.4 Å². The first-order valence-corrected chi connectivity index (χ1v) is 9.23. The van der Waals surface area contributed by atoms with Crippen LogP contribution in [-0.4, -0.2) is 14.4 Å². The molecular weight excluding hydrogens is 352 g/mol. The first-order valence-electron chi connectivity index (χ1n) is 7.82. The second-order valence-corrected chi connectivity index (χ2v) is 7.13. The van der Waals surface area contributed by atoms with Gasteiger partial charge in [0.05, 0.1) is 5.56 Å². The van der Waals surface area contributed by atoms with Crippen molar-refractivity contribution in [2.24, 2.45) is 0 Å². The van der Waals surface area contributed by atoms with E-state index in [0.717, 1.165) is 5.56 Å². The summed E-state index contributed by atoms with van der Waals surface area (Å²) in [5.41, 5.74) is 1.34. The second-order valence-electron chi connectivity index (χ2n) is 5.58. The van der Waals surface area contributed by atoms with E-state index in [9.17, 15) is 13.2 Å². The van der Waals surface area contributed by atoms with E-state index in [0.29, 0.717) is 5.56 Å². The molecule has 0 saturated carbocycles. The monoisotopic (exact) mass is 368 g/mol. The van der Waals surface area contributed by atoms with Crippen molar-refractivity contribution in [1.82, 2.24) is 0 Å². The van der Waals surface area contributed by atoms with Crippen LogP contribution in [0.15, 0.2) is 83.8 Å². The van der Waals surface area contributed by atoms with Crippen LogP contribution in [0.3, 0.4) is 0 Å². The van der Waals surface area contributed by atoms with Crippen LogP contribution in [0, 0.1) is 6.92 Å². The van der Waals surface area contributed by atoms with Crippen LogP contribution in [0.4, 0.5) is 0 Å². The molecule has 0 aliphatic rings. The van der Waals surface area contributed by atoms with E-state index >= 15 is 0 Å². The normalized spacial score (nSPS) is 11.0. The van der Waals surface area contributed by atoms with E-state index in [2.05, 4.69) is 0 Å². The third-order valence-corrected chi connectivity index (χ3v) is 4.80. The van der Waals surface area contributed by atoms with Gasteiger partial charge in [-0.2, -0.15) is 8.42 Å². The Labute approximate surface area is 151 Å². The Morgan fingerprint density at radius 1 is 0.808 bits per heavy atom. The number of aryl methyl sites for hydroxylation is 1. The molecule has 26 heavy (non-hydrogen) atoms. The van der Waals surface area contributed by atoms with Gasteiger partial charge in [-0.15, -0.1) is 0 Å². The van der Waals surface area contributed by atoms with Gasteiger partial charge in [0.25, 0.3) is 0 Å². The molecule has 3 aromatic carbocycles. The van der Waals surface area contributed by atoms with E-state index in [1.807, 2.05) is 6.92 Å². The highest BCUT2D eigenvalue weighted by molar-refractivity contribution is 7.87. The van der Waals surface area contributed by atoms with Crippen molar-refractivity contribution in [2.75, 3.05) is 0 Å². The fraction of sp³-hybridized carbons (Fsp3) is 0.0500. The van der Waals surface area contributed by atoms with Gasteiger partial charge >= 0.3 is 16.1 Å². The van der Waals surface area contributed by atoms with Gasteiger partial charge < -0.3 is 8.92 Å². The highest BCUT2D eigenvalue weighted by Gasteiger charge is 2.17. The topological polar surface area (TPSA) is 69.7 Å². The summed E-state index contributed by atoms with van der Waals surface area (Å²) in [7, 11) is -3.97. The average Bonchev–Trinajstić information content (AvgIpc) is 2.63. The molecule has 0 fully saturated rings. The van der Waals surface area contributed by atoms with Gasteiger partial charge in [0.2, 0.25) is 0 Å². The molecule has 0 unspecified atom stereocenters. The summed E-state index contributed by atoms with van der Waals surface area (Å²) < 4.78 is 35.1. The first kappa shape index (κ1) is 17.7. The maximum atomic E-state index is 12.3. The minimum Gasteiger partial charge on any atom is -0.423 e. The van der Waals surface area contributed by atoms with E-state index in [4.69, 9.17) is 8.92 Å². The minimum atomic E-state index is -3.97. The Kier molecular flexibility index (Phi) is 5.04. The lowest BCUT2D eigenvalue weighted by Gasteiger charge is -2.09. The van der Waals surface area contributed by atoms with Gasteiger partial charge in [-0.1, -0.05) is 42.0 Å². The quantitative estimate of drug-likeness (QED) is 0.387. The molecule has 3 aromatic rings. The fourth-order valence-corrected chi connectivity index (χ4v) is 3.13. The van der Waals surface area contributed by atoms with E-state index in [1.54, 1.807) is 54.6 Å². The van der Waals surface area contributed by atoms with Crippen molar-refractivity contribution in [3.63, 3.8) is 0 Å². The molecule has 0 amide bonds. The number of esters is 1. The zero-order chi connectivity index (χ0) is 18.6. The molecule has 0 N–H and O–H groups in total. The number of hydrogen-bond acceptors (Lipinski definition) is 5. The Hall–Kier alpha value is -3.12. The van der Waals surface area contributed by atoms with Crippen LogP contribution in [-0.2, 0) is 10.1 Å². The van der Waals surface area contributed by atoms with Crippen molar-refractivity contribution >= 4 is 16.1 Å². The first-order chi connectivity index (χ1) is 12.4. The molecule has 0 saturated heterocycles. The Morgan fingerprint density at radius 2 is 1.46 bits per heavy atom. The van der Waals surface area contributed by atoms with Gasteiger partial charge in [-0.3, -0.25) is 0 Å². The number of carbonyl (C=O) groups excluding carboxylic acids is 1. The van der Waals surface area contributed by atoms with E-state index in [-0.39, 0.29) is 16.4 Å². The lowest BCUT2D eigenvalue weighted by Crippen LogP contribution is -2.11. The smallest absolute Gasteiger partial charge is 0.343 e. The summed E-state index contributed by atoms with van der Waals surface area (Å²) >= 11 is 0. The third-order valence-electron chi connectivity index (χ3n) is 3.54. The van der Waals surface area contributed by atoms with Crippen LogP contribution in [0.2, 0.25) is 0 Å². The van der Waals surface area contributed by atoms with Gasteiger partial charge in [0, 0.05) is 6.07 Å². The predicted octanol–water partition coefficient (Wildman–Crippen LogP) is 3.98. The minimum absolute atomic E-state index is 0.0507. The summed E-state index contributed by atoms with van der Waals surface area (Å²) in [6.07, 6.45) is 0. The molecule has 6 heteroatoms. The molecule has 0 aliphatic carbocycles. The standard InChI is InChI=1S/C20H16O5S/c1-15-10-12-19(13-11-15)26(22,23)25-18-9-5-8-17(14-18)24-20(21)16-6-3-2-4-7-16/h2-14H,1H3. The van der Waals surface area contributed by atoms with Crippen LogP contribution < -0.4 is 8.92 Å². The third kappa shape index (κ3) is 4.29. The van der Waals surface area contributed by atoms with Crippen molar-refractivity contribution in [2.45, 2.75) is 11.8 Å². The molecule has 0 atom stereocenters. The van der Waals surface area contributed by atoms with Crippen LogP contribution in [0.25, 0.3) is 0 Å². The van der Waals surface area contributed by atoms with E-state index < -0.39 is 16.1 Å². The lowest BCUT2D eigenvalue weighted by atomic mass is 10.2. The van der Waals surface area contributed by atoms with Crippen molar-refractivity contribution in [3.8, 4) is 11.5 Å². The van der Waals surface area contributed by atoms with Crippen molar-refractivity contribution in [1.29, 1.82) is 0 Å². The lowest BCUT2D eigenvalue weighted by molar-refractivity contribution is 0.0734. The SMILES string of the molecule is Cc1ccc(S(=O)(=O)Oc2cccc(OC(=O)c3ccccc3)c2)cc1. The molecular formula is C20H16O5S. The molecule has 0 aliphatic heterocycles. The molecule has 0 bridgehead atoms. The second kappa shape index (κ2) is 7.41. The number of rotatable bonds is 5.